The van der Waals surface area contributed by atoms with Gasteiger partial charge in [0.25, 0.3) is 0 Å². The van der Waals surface area contributed by atoms with E-state index in [0.717, 1.165) is 26.8 Å². The molecule has 0 amide bonds. The van der Waals surface area contributed by atoms with E-state index < -0.39 is 0 Å². The van der Waals surface area contributed by atoms with Crippen molar-refractivity contribution in [2.45, 2.75) is 6.54 Å². The van der Waals surface area contributed by atoms with Gasteiger partial charge in [-0.3, -0.25) is 0 Å². The molecule has 0 aliphatic carbocycles. The molecule has 0 aliphatic rings. The Morgan fingerprint density at radius 3 is 2.86 bits per heavy atom. The number of anilines is 1. The highest BCUT2D eigenvalue weighted by Gasteiger charge is 2.10. The van der Waals surface area contributed by atoms with Crippen LogP contribution in [0.25, 0.3) is 10.9 Å². The molecule has 21 heavy (non-hydrogen) atoms. The van der Waals surface area contributed by atoms with Gasteiger partial charge in [-0.15, -0.1) is 11.3 Å². The number of nitrogens with zero attached hydrogens (tertiary/aromatic N) is 1. The summed E-state index contributed by atoms with van der Waals surface area (Å²) in [6.45, 7) is 0.680. The normalized spacial score (nSPS) is 10.7. The lowest BCUT2D eigenvalue weighted by Crippen LogP contribution is -2.14. The summed E-state index contributed by atoms with van der Waals surface area (Å²) in [6, 6.07) is 11.9. The van der Waals surface area contributed by atoms with E-state index in [1.165, 1.54) is 4.88 Å². The van der Waals surface area contributed by atoms with Gasteiger partial charge in [0.05, 0.1) is 17.6 Å². The first-order valence-electron chi connectivity index (χ1n) is 6.30. The van der Waals surface area contributed by atoms with Crippen LogP contribution in [0.3, 0.4) is 0 Å². The molecular formula is C15H12BrN3S2. The maximum Gasteiger partial charge on any atom is 0.137 e. The van der Waals surface area contributed by atoms with Crippen LogP contribution in [0, 0.1) is 0 Å². The zero-order chi connectivity index (χ0) is 14.8. The molecule has 106 valence electrons. The van der Waals surface area contributed by atoms with Crippen LogP contribution in [0.1, 0.15) is 10.4 Å². The molecule has 1 aromatic carbocycles. The minimum Gasteiger partial charge on any atom is -0.389 e. The van der Waals surface area contributed by atoms with Gasteiger partial charge < -0.3 is 11.1 Å². The van der Waals surface area contributed by atoms with E-state index in [9.17, 15) is 0 Å². The number of benzene rings is 1. The van der Waals surface area contributed by atoms with Gasteiger partial charge in [-0.2, -0.15) is 0 Å². The quantitative estimate of drug-likeness (QED) is 0.665. The van der Waals surface area contributed by atoms with Gasteiger partial charge >= 0.3 is 0 Å². The predicted octanol–water partition coefficient (Wildman–Crippen LogP) is 4.31. The maximum absolute atomic E-state index is 5.83. The summed E-state index contributed by atoms with van der Waals surface area (Å²) in [4.78, 5) is 6.19. The summed E-state index contributed by atoms with van der Waals surface area (Å²) < 4.78 is 1.10. The Morgan fingerprint density at radius 2 is 2.14 bits per heavy atom. The average Bonchev–Trinajstić information content (AvgIpc) is 2.89. The lowest BCUT2D eigenvalue weighted by Gasteiger charge is -2.11. The van der Waals surface area contributed by atoms with E-state index in [2.05, 4.69) is 26.2 Å². The number of halogens is 1. The number of pyridine rings is 1. The Kier molecular flexibility index (Phi) is 4.19. The van der Waals surface area contributed by atoms with E-state index in [0.29, 0.717) is 11.5 Å². The van der Waals surface area contributed by atoms with Crippen LogP contribution < -0.4 is 11.1 Å². The number of para-hydroxylation sites is 1. The van der Waals surface area contributed by atoms with Crippen molar-refractivity contribution < 1.29 is 0 Å². The topological polar surface area (TPSA) is 50.9 Å². The van der Waals surface area contributed by atoms with Crippen LogP contribution in [-0.2, 0) is 6.54 Å². The highest BCUT2D eigenvalue weighted by Crippen LogP contribution is 2.25. The van der Waals surface area contributed by atoms with Gasteiger partial charge in [0.2, 0.25) is 0 Å². The van der Waals surface area contributed by atoms with E-state index >= 15 is 0 Å². The van der Waals surface area contributed by atoms with Crippen molar-refractivity contribution in [3.05, 3.63) is 56.7 Å². The predicted molar refractivity (Wildman–Crippen MR) is 97.0 cm³/mol. The maximum atomic E-state index is 5.83. The lowest BCUT2D eigenvalue weighted by atomic mass is 10.1. The zero-order valence-electron chi connectivity index (χ0n) is 11.0. The van der Waals surface area contributed by atoms with Crippen molar-refractivity contribution in [2.24, 2.45) is 5.73 Å². The van der Waals surface area contributed by atoms with Crippen molar-refractivity contribution in [1.82, 2.24) is 4.98 Å². The third kappa shape index (κ3) is 3.07. The van der Waals surface area contributed by atoms with Gasteiger partial charge in [-0.05, 0) is 39.5 Å². The third-order valence-electron chi connectivity index (χ3n) is 3.10. The third-order valence-corrected chi connectivity index (χ3v) is 5.24. The SMILES string of the molecule is NC(=S)c1cc2ccccc2nc1NCc1sccc1Br. The molecule has 0 saturated heterocycles. The number of thiophene rings is 1. The fourth-order valence-electron chi connectivity index (χ4n) is 2.05. The number of hydrogen-bond acceptors (Lipinski definition) is 4. The number of hydrogen-bond donors (Lipinski definition) is 2. The first kappa shape index (κ1) is 14.4. The Bertz CT molecular complexity index is 814. The second-order valence-corrected chi connectivity index (χ2v) is 6.78. The van der Waals surface area contributed by atoms with Gasteiger partial charge in [-0.25, -0.2) is 4.98 Å². The molecule has 0 bridgehead atoms. The molecule has 3 rings (SSSR count). The van der Waals surface area contributed by atoms with Crippen molar-refractivity contribution in [3.8, 4) is 0 Å². The largest absolute Gasteiger partial charge is 0.389 e. The molecule has 0 saturated carbocycles. The Labute approximate surface area is 140 Å². The second-order valence-electron chi connectivity index (χ2n) is 4.49. The Balaban J connectivity index is 1.97. The minimum absolute atomic E-state index is 0.348. The molecule has 2 aromatic heterocycles. The molecule has 0 fully saturated rings. The van der Waals surface area contributed by atoms with Crippen molar-refractivity contribution in [2.75, 3.05) is 5.32 Å². The average molecular weight is 378 g/mol. The molecule has 3 N–H and O–H groups in total. The van der Waals surface area contributed by atoms with Gasteiger partial charge in [-0.1, -0.05) is 30.4 Å². The van der Waals surface area contributed by atoms with E-state index in [1.807, 2.05) is 41.8 Å². The summed E-state index contributed by atoms with van der Waals surface area (Å²) in [5.41, 5.74) is 7.53. The summed E-state index contributed by atoms with van der Waals surface area (Å²) in [7, 11) is 0. The number of nitrogens with two attached hydrogens (primary N) is 1. The number of rotatable bonds is 4. The molecule has 0 radical (unpaired) electrons. The molecule has 0 atom stereocenters. The second kappa shape index (κ2) is 6.09. The monoisotopic (exact) mass is 377 g/mol. The summed E-state index contributed by atoms with van der Waals surface area (Å²) >= 11 is 10.4. The Hall–Kier alpha value is -1.50. The summed E-state index contributed by atoms with van der Waals surface area (Å²) in [5.74, 6) is 0.724. The molecule has 6 heteroatoms. The summed E-state index contributed by atoms with van der Waals surface area (Å²) in [5, 5.41) is 6.41. The van der Waals surface area contributed by atoms with E-state index in [4.69, 9.17) is 18.0 Å². The fourth-order valence-corrected chi connectivity index (χ4v) is 3.64. The zero-order valence-corrected chi connectivity index (χ0v) is 14.2. The lowest BCUT2D eigenvalue weighted by molar-refractivity contribution is 1.14. The Morgan fingerprint density at radius 1 is 1.33 bits per heavy atom. The minimum atomic E-state index is 0.348. The molecule has 0 aliphatic heterocycles. The highest BCUT2D eigenvalue weighted by molar-refractivity contribution is 9.10. The van der Waals surface area contributed by atoms with E-state index in [1.54, 1.807) is 11.3 Å². The smallest absolute Gasteiger partial charge is 0.137 e. The van der Waals surface area contributed by atoms with Crippen LogP contribution >= 0.6 is 39.5 Å². The number of fused-ring (bicyclic) bond motifs is 1. The van der Waals surface area contributed by atoms with Crippen LogP contribution in [0.15, 0.2) is 46.3 Å². The first-order chi connectivity index (χ1) is 10.1. The van der Waals surface area contributed by atoms with Crippen molar-refractivity contribution >= 4 is 61.2 Å². The molecule has 0 unspecified atom stereocenters. The molecule has 2 heterocycles. The molecular weight excluding hydrogens is 366 g/mol. The van der Waals surface area contributed by atoms with Crippen molar-refractivity contribution in [3.63, 3.8) is 0 Å². The van der Waals surface area contributed by atoms with Crippen LogP contribution in [0.2, 0.25) is 0 Å². The number of aromatic nitrogens is 1. The van der Waals surface area contributed by atoms with Crippen molar-refractivity contribution in [1.29, 1.82) is 0 Å². The summed E-state index contributed by atoms with van der Waals surface area (Å²) in [6.07, 6.45) is 0. The van der Waals surface area contributed by atoms with Gasteiger partial charge in [0.1, 0.15) is 10.8 Å². The molecule has 0 spiro atoms. The van der Waals surface area contributed by atoms with Gasteiger partial charge in [0, 0.05) is 14.7 Å². The highest BCUT2D eigenvalue weighted by atomic mass is 79.9. The standard InChI is InChI=1S/C15H12BrN3S2/c16-11-5-6-21-13(11)8-18-15-10(14(17)20)7-9-3-1-2-4-12(9)19-15/h1-7H,8H2,(H2,17,20)(H,18,19). The van der Waals surface area contributed by atoms with Crippen LogP contribution in [0.5, 0.6) is 0 Å². The first-order valence-corrected chi connectivity index (χ1v) is 8.38. The van der Waals surface area contributed by atoms with E-state index in [-0.39, 0.29) is 0 Å². The molecule has 3 aromatic rings. The van der Waals surface area contributed by atoms with Gasteiger partial charge in [0.15, 0.2) is 0 Å². The van der Waals surface area contributed by atoms with Crippen LogP contribution in [-0.4, -0.2) is 9.97 Å². The molecule has 3 nitrogen and oxygen atoms in total. The number of nitrogens with one attached hydrogen (secondary N) is 1. The fraction of sp³-hybridized carbons (Fsp3) is 0.0667. The number of thiocarbonyl (C=S) groups is 1. The van der Waals surface area contributed by atoms with Crippen LogP contribution in [0.4, 0.5) is 5.82 Å².